The van der Waals surface area contributed by atoms with Crippen LogP contribution in [0.1, 0.15) is 80.6 Å². The van der Waals surface area contributed by atoms with Gasteiger partial charge in [0, 0.05) is 49.3 Å². The molecule has 3 aromatic rings. The summed E-state index contributed by atoms with van der Waals surface area (Å²) in [6, 6.07) is 19.7. The second kappa shape index (κ2) is 17.1. The highest BCUT2D eigenvalue weighted by Crippen LogP contribution is 2.54. The van der Waals surface area contributed by atoms with Crippen molar-refractivity contribution in [1.82, 2.24) is 14.7 Å². The molecule has 5 fully saturated rings. The smallest absolute Gasteiger partial charge is 0.305 e. The summed E-state index contributed by atoms with van der Waals surface area (Å²) in [4.78, 5) is 34.2. The third-order valence-electron chi connectivity index (χ3n) is 14.6. The van der Waals surface area contributed by atoms with Crippen molar-refractivity contribution in [2.24, 2.45) is 17.8 Å². The maximum atomic E-state index is 16.4. The Bertz CT molecular complexity index is 2110. The van der Waals surface area contributed by atoms with Gasteiger partial charge in [-0.2, -0.15) is 0 Å². The molecule has 1 saturated carbocycles. The van der Waals surface area contributed by atoms with E-state index in [0.29, 0.717) is 44.5 Å². The number of methoxy groups -OCH3 is 1. The Labute approximate surface area is 353 Å². The van der Waals surface area contributed by atoms with Gasteiger partial charge in [0.25, 0.3) is 5.91 Å². The Morgan fingerprint density at radius 1 is 0.850 bits per heavy atom. The van der Waals surface area contributed by atoms with Crippen LogP contribution in [0.25, 0.3) is 0 Å². The molecule has 1 aliphatic carbocycles. The number of esters is 1. The zero-order valence-corrected chi connectivity index (χ0v) is 35.9. The number of anilines is 1. The van der Waals surface area contributed by atoms with Crippen LogP contribution < -0.4 is 4.90 Å². The number of amides is 1. The second-order valence-corrected chi connectivity index (χ2v) is 20.6. The van der Waals surface area contributed by atoms with Crippen LogP contribution in [0.4, 0.5) is 14.5 Å². The molecule has 60 heavy (non-hydrogen) atoms. The van der Waals surface area contributed by atoms with E-state index in [9.17, 15) is 23.1 Å². The van der Waals surface area contributed by atoms with Crippen molar-refractivity contribution in [3.8, 4) is 0 Å². The van der Waals surface area contributed by atoms with Crippen molar-refractivity contribution in [2.75, 3.05) is 77.5 Å². The number of rotatable bonds is 13. The maximum Gasteiger partial charge on any atom is 0.305 e. The molecular weight excluding hydrogens is 787 g/mol. The van der Waals surface area contributed by atoms with Crippen LogP contribution in [-0.4, -0.2) is 124 Å². The van der Waals surface area contributed by atoms with Gasteiger partial charge in [0.05, 0.1) is 35.6 Å². The number of halogens is 2. The number of aliphatic hydroxyl groups is 1. The standard InChI is InChI=1S/C47H60F2N4O6S/c1-45(56)20-26-52(27-21-45)44(55)34-10-14-40(15-11-34)60(57,58)41-16-12-39(13-17-41)53-31-46(49,32-53)30-51-24-18-36(19-25-51)47(33-50-22-5-23-50,37-7-4-8-38(48)29-37)42-9-3-6-35(42)28-43(54)59-2/h4,7-8,10-17,29,35-36,42,56H,3,5-6,9,18-28,30-33H2,1-2H3/t35-,42+,47+/m1/s1. The van der Waals surface area contributed by atoms with Gasteiger partial charge < -0.3 is 24.5 Å². The topological polar surface area (TPSA) is 111 Å². The molecule has 5 aliphatic rings. The zero-order chi connectivity index (χ0) is 42.3. The van der Waals surface area contributed by atoms with E-state index in [1.54, 1.807) is 42.2 Å². The van der Waals surface area contributed by atoms with Crippen molar-refractivity contribution < 1.29 is 36.6 Å². The first kappa shape index (κ1) is 42.8. The van der Waals surface area contributed by atoms with Crippen molar-refractivity contribution in [1.29, 1.82) is 0 Å². The Morgan fingerprint density at radius 3 is 2.10 bits per heavy atom. The summed E-state index contributed by atoms with van der Waals surface area (Å²) in [6.07, 6.45) is 7.22. The van der Waals surface area contributed by atoms with E-state index in [1.165, 1.54) is 37.4 Å². The summed E-state index contributed by atoms with van der Waals surface area (Å²) in [6.45, 7) is 7.75. The molecule has 1 N–H and O–H groups in total. The molecule has 0 unspecified atom stereocenters. The number of nitrogens with zero attached hydrogens (tertiary/aromatic N) is 4. The first-order chi connectivity index (χ1) is 28.7. The number of sulfone groups is 1. The summed E-state index contributed by atoms with van der Waals surface area (Å²) >= 11 is 0. The predicted octanol–water partition coefficient (Wildman–Crippen LogP) is 6.51. The van der Waals surface area contributed by atoms with Crippen LogP contribution in [0.15, 0.2) is 82.6 Å². The van der Waals surface area contributed by atoms with E-state index < -0.39 is 21.1 Å². The molecule has 0 aromatic heterocycles. The summed E-state index contributed by atoms with van der Waals surface area (Å²) in [5.74, 6) is 0.0158. The molecule has 0 spiro atoms. The molecule has 4 saturated heterocycles. The van der Waals surface area contributed by atoms with E-state index in [4.69, 9.17) is 4.74 Å². The average Bonchev–Trinajstić information content (AvgIpc) is 3.68. The number of carbonyl (C=O) groups excluding carboxylic acids is 2. The van der Waals surface area contributed by atoms with Gasteiger partial charge in [0.15, 0.2) is 5.67 Å². The largest absolute Gasteiger partial charge is 0.469 e. The molecule has 3 aromatic carbocycles. The first-order valence-electron chi connectivity index (χ1n) is 21.9. The Kier molecular flexibility index (Phi) is 12.2. The van der Waals surface area contributed by atoms with Crippen LogP contribution in [0.3, 0.4) is 0 Å². The average molecular weight is 847 g/mol. The van der Waals surface area contributed by atoms with Crippen LogP contribution in [-0.2, 0) is 24.8 Å². The lowest BCUT2D eigenvalue weighted by Crippen LogP contribution is -2.64. The zero-order valence-electron chi connectivity index (χ0n) is 35.0. The van der Waals surface area contributed by atoms with Crippen molar-refractivity contribution in [3.63, 3.8) is 0 Å². The molecule has 324 valence electrons. The highest BCUT2D eigenvalue weighted by atomic mass is 32.2. The molecule has 13 heteroatoms. The molecular formula is C47H60F2N4O6S. The van der Waals surface area contributed by atoms with Crippen molar-refractivity contribution >= 4 is 27.4 Å². The first-order valence-corrected chi connectivity index (χ1v) is 23.3. The highest BCUT2D eigenvalue weighted by Gasteiger charge is 2.53. The van der Waals surface area contributed by atoms with E-state index >= 15 is 8.78 Å². The third-order valence-corrected chi connectivity index (χ3v) is 16.4. The number of likely N-dealkylation sites (tertiary alicyclic amines) is 3. The molecule has 4 heterocycles. The minimum absolute atomic E-state index is 0.0850. The van der Waals surface area contributed by atoms with Gasteiger partial charge in [0.1, 0.15) is 5.82 Å². The third kappa shape index (κ3) is 8.74. The lowest BCUT2D eigenvalue weighted by Gasteiger charge is -2.54. The number of piperidine rings is 2. The number of hydrogen-bond acceptors (Lipinski definition) is 9. The number of carbonyl (C=O) groups is 2. The van der Waals surface area contributed by atoms with E-state index in [0.717, 1.165) is 82.5 Å². The van der Waals surface area contributed by atoms with Gasteiger partial charge >= 0.3 is 5.97 Å². The van der Waals surface area contributed by atoms with Crippen LogP contribution in [0.5, 0.6) is 0 Å². The lowest BCUT2D eigenvalue weighted by molar-refractivity contribution is -0.142. The van der Waals surface area contributed by atoms with E-state index in [-0.39, 0.29) is 63.7 Å². The number of benzene rings is 3. The molecule has 8 rings (SSSR count). The Hall–Kier alpha value is -3.91. The minimum atomic E-state index is -3.85. The van der Waals surface area contributed by atoms with Gasteiger partial charge in [-0.3, -0.25) is 14.5 Å². The number of alkyl halides is 1. The molecule has 10 nitrogen and oxygen atoms in total. The number of hydrogen-bond donors (Lipinski definition) is 1. The van der Waals surface area contributed by atoms with Crippen LogP contribution >= 0.6 is 0 Å². The second-order valence-electron chi connectivity index (χ2n) is 18.6. The fourth-order valence-corrected chi connectivity index (χ4v) is 12.3. The van der Waals surface area contributed by atoms with Gasteiger partial charge in [-0.25, -0.2) is 17.2 Å². The minimum Gasteiger partial charge on any atom is -0.469 e. The van der Waals surface area contributed by atoms with Crippen molar-refractivity contribution in [3.05, 3.63) is 89.7 Å². The summed E-state index contributed by atoms with van der Waals surface area (Å²) in [5, 5.41) is 10.2. The van der Waals surface area contributed by atoms with Crippen LogP contribution in [0.2, 0.25) is 0 Å². The quantitative estimate of drug-likeness (QED) is 0.193. The highest BCUT2D eigenvalue weighted by molar-refractivity contribution is 7.91. The summed E-state index contributed by atoms with van der Waals surface area (Å²) < 4.78 is 63.6. The van der Waals surface area contributed by atoms with Gasteiger partial charge in [0.2, 0.25) is 9.84 Å². The van der Waals surface area contributed by atoms with Gasteiger partial charge in [-0.05, 0) is 162 Å². The predicted molar refractivity (Wildman–Crippen MR) is 226 cm³/mol. The fourth-order valence-electron chi connectivity index (χ4n) is 11.1. The SMILES string of the molecule is COC(=O)C[C@H]1CCC[C@@H]1[C@](CN1CCC1)(c1cccc(F)c1)C1CCN(CC2(F)CN(c3ccc(S(=O)(=O)c4ccc(C(=O)N5CCC(C)(O)CC5)cc4)cc3)C2)CC1. The Balaban J connectivity index is 0.892. The fraction of sp³-hybridized carbons (Fsp3) is 0.574. The van der Waals surface area contributed by atoms with Crippen LogP contribution in [0, 0.1) is 23.6 Å². The van der Waals surface area contributed by atoms with Crippen molar-refractivity contribution in [2.45, 2.75) is 91.2 Å². The monoisotopic (exact) mass is 846 g/mol. The van der Waals surface area contributed by atoms with Gasteiger partial charge in [-0.15, -0.1) is 0 Å². The molecule has 3 atom stereocenters. The normalized spacial score (nSPS) is 24.6. The molecule has 1 amide bonds. The summed E-state index contributed by atoms with van der Waals surface area (Å²) in [7, 11) is -2.40. The van der Waals surface area contributed by atoms with E-state index in [1.807, 2.05) is 11.0 Å². The maximum absolute atomic E-state index is 16.4. The molecule has 0 bridgehead atoms. The summed E-state index contributed by atoms with van der Waals surface area (Å²) in [5.41, 5.74) is -0.331. The van der Waals surface area contributed by atoms with E-state index in [2.05, 4.69) is 15.9 Å². The Morgan fingerprint density at radius 2 is 1.50 bits per heavy atom. The lowest BCUT2D eigenvalue weighted by atomic mass is 9.56. The molecule has 4 aliphatic heterocycles. The molecule has 0 radical (unpaired) electrons. The number of ether oxygens (including phenoxy) is 1. The van der Waals surface area contributed by atoms with Gasteiger partial charge in [-0.1, -0.05) is 18.6 Å².